The Labute approximate surface area is 148 Å². The molecule has 0 aromatic heterocycles. The summed E-state index contributed by atoms with van der Waals surface area (Å²) in [4.78, 5) is 6.62. The SMILES string of the molecule is CN=C(NCC(C)N1CCOCC1C)NC1CCC(C(F)(F)F)CC1. The molecular weight excluding hydrogens is 333 g/mol. The number of ether oxygens (including phenoxy) is 1. The van der Waals surface area contributed by atoms with E-state index in [2.05, 4.69) is 34.4 Å². The van der Waals surface area contributed by atoms with E-state index in [1.807, 2.05) is 0 Å². The second-order valence-corrected chi connectivity index (χ2v) is 7.20. The Morgan fingerprint density at radius 1 is 1.28 bits per heavy atom. The van der Waals surface area contributed by atoms with Crippen molar-refractivity contribution in [1.29, 1.82) is 0 Å². The Morgan fingerprint density at radius 2 is 1.96 bits per heavy atom. The first kappa shape index (κ1) is 20.3. The molecule has 0 aromatic carbocycles. The highest BCUT2D eigenvalue weighted by molar-refractivity contribution is 5.80. The molecule has 2 aliphatic rings. The molecule has 146 valence electrons. The fourth-order valence-electron chi connectivity index (χ4n) is 3.71. The van der Waals surface area contributed by atoms with E-state index in [0.29, 0.717) is 30.9 Å². The lowest BCUT2D eigenvalue weighted by atomic mass is 9.85. The van der Waals surface area contributed by atoms with Crippen LogP contribution in [0.3, 0.4) is 0 Å². The van der Waals surface area contributed by atoms with Crippen molar-refractivity contribution in [1.82, 2.24) is 15.5 Å². The predicted molar refractivity (Wildman–Crippen MR) is 92.7 cm³/mol. The number of halogens is 3. The number of nitrogens with zero attached hydrogens (tertiary/aromatic N) is 2. The van der Waals surface area contributed by atoms with Crippen molar-refractivity contribution < 1.29 is 17.9 Å². The molecule has 1 aliphatic heterocycles. The van der Waals surface area contributed by atoms with Crippen LogP contribution in [0, 0.1) is 5.92 Å². The molecule has 1 aliphatic carbocycles. The van der Waals surface area contributed by atoms with E-state index in [-0.39, 0.29) is 18.9 Å². The van der Waals surface area contributed by atoms with Gasteiger partial charge in [-0.05, 0) is 39.5 Å². The van der Waals surface area contributed by atoms with Gasteiger partial charge in [-0.1, -0.05) is 0 Å². The molecule has 5 nitrogen and oxygen atoms in total. The maximum Gasteiger partial charge on any atom is 0.391 e. The van der Waals surface area contributed by atoms with Crippen LogP contribution >= 0.6 is 0 Å². The van der Waals surface area contributed by atoms with Crippen LogP contribution in [0.1, 0.15) is 39.5 Å². The van der Waals surface area contributed by atoms with Gasteiger partial charge in [0.2, 0.25) is 0 Å². The number of guanidine groups is 1. The highest BCUT2D eigenvalue weighted by atomic mass is 19.4. The second kappa shape index (κ2) is 9.07. The minimum Gasteiger partial charge on any atom is -0.379 e. The molecule has 1 saturated carbocycles. The van der Waals surface area contributed by atoms with Crippen molar-refractivity contribution >= 4 is 5.96 Å². The standard InChI is InChI=1S/C17H31F3N4O/c1-12(24-8-9-25-11-13(24)2)10-22-16(21-3)23-15-6-4-14(5-7-15)17(18,19)20/h12-15H,4-11H2,1-3H3,(H2,21,22,23). The highest BCUT2D eigenvalue weighted by Gasteiger charge is 2.41. The highest BCUT2D eigenvalue weighted by Crippen LogP contribution is 2.37. The third-order valence-corrected chi connectivity index (χ3v) is 5.30. The van der Waals surface area contributed by atoms with Gasteiger partial charge >= 0.3 is 6.18 Å². The number of rotatable bonds is 4. The second-order valence-electron chi connectivity index (χ2n) is 7.20. The number of hydrogen-bond acceptors (Lipinski definition) is 3. The van der Waals surface area contributed by atoms with Crippen LogP contribution < -0.4 is 10.6 Å². The number of morpholine rings is 1. The Balaban J connectivity index is 1.74. The number of alkyl halides is 3. The molecule has 2 fully saturated rings. The fraction of sp³-hybridized carbons (Fsp3) is 0.941. The van der Waals surface area contributed by atoms with Gasteiger partial charge in [0, 0.05) is 38.3 Å². The van der Waals surface area contributed by atoms with Crippen LogP contribution in [-0.4, -0.2) is 68.5 Å². The smallest absolute Gasteiger partial charge is 0.379 e. The van der Waals surface area contributed by atoms with Crippen molar-refractivity contribution in [3.8, 4) is 0 Å². The molecule has 0 amide bonds. The van der Waals surface area contributed by atoms with Crippen molar-refractivity contribution in [2.75, 3.05) is 33.4 Å². The van der Waals surface area contributed by atoms with Crippen LogP contribution in [-0.2, 0) is 4.74 Å². The summed E-state index contributed by atoms with van der Waals surface area (Å²) in [7, 11) is 1.69. The van der Waals surface area contributed by atoms with E-state index in [9.17, 15) is 13.2 Å². The summed E-state index contributed by atoms with van der Waals surface area (Å²) in [5.41, 5.74) is 0. The molecule has 1 saturated heterocycles. The van der Waals surface area contributed by atoms with Gasteiger partial charge in [0.15, 0.2) is 5.96 Å². The van der Waals surface area contributed by atoms with Gasteiger partial charge in [-0.15, -0.1) is 0 Å². The van der Waals surface area contributed by atoms with E-state index in [0.717, 1.165) is 26.3 Å². The lowest BCUT2D eigenvalue weighted by Crippen LogP contribution is -2.54. The summed E-state index contributed by atoms with van der Waals surface area (Å²) in [6.07, 6.45) is -2.61. The first-order valence-electron chi connectivity index (χ1n) is 9.18. The molecule has 25 heavy (non-hydrogen) atoms. The average molecular weight is 364 g/mol. The molecule has 2 unspecified atom stereocenters. The Bertz CT molecular complexity index is 436. The van der Waals surface area contributed by atoms with Crippen molar-refractivity contribution in [3.63, 3.8) is 0 Å². The van der Waals surface area contributed by atoms with Crippen LogP contribution in [0.25, 0.3) is 0 Å². The summed E-state index contributed by atoms with van der Waals surface area (Å²) in [5, 5.41) is 6.59. The zero-order chi connectivity index (χ0) is 18.4. The Morgan fingerprint density at radius 3 is 2.52 bits per heavy atom. The van der Waals surface area contributed by atoms with Gasteiger partial charge in [0.05, 0.1) is 19.1 Å². The molecule has 0 aromatic rings. The molecule has 2 atom stereocenters. The first-order valence-corrected chi connectivity index (χ1v) is 9.18. The molecule has 1 heterocycles. The zero-order valence-corrected chi connectivity index (χ0v) is 15.4. The molecule has 0 radical (unpaired) electrons. The average Bonchev–Trinajstić information content (AvgIpc) is 2.58. The van der Waals surface area contributed by atoms with Crippen molar-refractivity contribution in [3.05, 3.63) is 0 Å². The van der Waals surface area contributed by atoms with Gasteiger partial charge in [0.1, 0.15) is 0 Å². The molecule has 0 bridgehead atoms. The summed E-state index contributed by atoms with van der Waals surface area (Å²) >= 11 is 0. The Kier molecular flexibility index (Phi) is 7.37. The van der Waals surface area contributed by atoms with Gasteiger partial charge in [-0.2, -0.15) is 13.2 Å². The van der Waals surface area contributed by atoms with Gasteiger partial charge in [-0.3, -0.25) is 9.89 Å². The van der Waals surface area contributed by atoms with Crippen LogP contribution in [0.2, 0.25) is 0 Å². The maximum atomic E-state index is 12.7. The summed E-state index contributed by atoms with van der Waals surface area (Å²) < 4.78 is 43.7. The number of nitrogens with one attached hydrogen (secondary N) is 2. The fourth-order valence-corrected chi connectivity index (χ4v) is 3.71. The van der Waals surface area contributed by atoms with E-state index < -0.39 is 12.1 Å². The number of aliphatic imine (C=N–C) groups is 1. The Hall–Kier alpha value is -1.02. The lowest BCUT2D eigenvalue weighted by molar-refractivity contribution is -0.182. The van der Waals surface area contributed by atoms with E-state index in [1.54, 1.807) is 7.05 Å². The molecule has 2 rings (SSSR count). The maximum absolute atomic E-state index is 12.7. The van der Waals surface area contributed by atoms with Crippen molar-refractivity contribution in [2.24, 2.45) is 10.9 Å². The molecule has 8 heteroatoms. The quantitative estimate of drug-likeness (QED) is 0.594. The monoisotopic (exact) mass is 364 g/mol. The summed E-state index contributed by atoms with van der Waals surface area (Å²) in [5.74, 6) is -0.480. The summed E-state index contributed by atoms with van der Waals surface area (Å²) in [6, 6.07) is 0.777. The largest absolute Gasteiger partial charge is 0.391 e. The van der Waals surface area contributed by atoms with Crippen LogP contribution in [0.15, 0.2) is 4.99 Å². The predicted octanol–water partition coefficient (Wildman–Crippen LogP) is 2.38. The van der Waals surface area contributed by atoms with E-state index in [1.165, 1.54) is 0 Å². The van der Waals surface area contributed by atoms with Crippen LogP contribution in [0.4, 0.5) is 13.2 Å². The minimum absolute atomic E-state index is 0.0578. The lowest BCUT2D eigenvalue weighted by Gasteiger charge is -2.38. The van der Waals surface area contributed by atoms with Gasteiger partial charge in [-0.25, -0.2) is 0 Å². The van der Waals surface area contributed by atoms with Crippen molar-refractivity contribution in [2.45, 2.75) is 63.8 Å². The molecule has 0 spiro atoms. The van der Waals surface area contributed by atoms with Crippen LogP contribution in [0.5, 0.6) is 0 Å². The third kappa shape index (κ3) is 6.02. The molecular formula is C17H31F3N4O. The third-order valence-electron chi connectivity index (χ3n) is 5.30. The van der Waals surface area contributed by atoms with Gasteiger partial charge in [0.25, 0.3) is 0 Å². The van der Waals surface area contributed by atoms with Gasteiger partial charge < -0.3 is 15.4 Å². The first-order chi connectivity index (χ1) is 11.8. The van der Waals surface area contributed by atoms with E-state index >= 15 is 0 Å². The number of hydrogen-bond donors (Lipinski definition) is 2. The molecule has 2 N–H and O–H groups in total. The minimum atomic E-state index is -4.06. The summed E-state index contributed by atoms with van der Waals surface area (Å²) in [6.45, 7) is 7.47. The zero-order valence-electron chi connectivity index (χ0n) is 15.4. The van der Waals surface area contributed by atoms with E-state index in [4.69, 9.17) is 4.74 Å². The topological polar surface area (TPSA) is 48.9 Å². The normalized spacial score (nSPS) is 30.8.